The molecule has 4 aromatic heterocycles. The minimum atomic E-state index is -4.55. The fourth-order valence-corrected chi connectivity index (χ4v) is 2.74. The zero-order valence-corrected chi connectivity index (χ0v) is 15.8. The highest BCUT2D eigenvalue weighted by Crippen LogP contribution is 2.30. The number of hydrogen-bond acceptors (Lipinski definition) is 6. The van der Waals surface area contributed by atoms with Crippen LogP contribution in [0.4, 0.5) is 19.0 Å². The van der Waals surface area contributed by atoms with Gasteiger partial charge in [-0.05, 0) is 30.3 Å². The van der Waals surface area contributed by atoms with Gasteiger partial charge in [-0.3, -0.25) is 9.78 Å². The Labute approximate surface area is 173 Å². The van der Waals surface area contributed by atoms with E-state index in [0.717, 1.165) is 12.3 Å². The van der Waals surface area contributed by atoms with E-state index in [-0.39, 0.29) is 18.0 Å². The van der Waals surface area contributed by atoms with Gasteiger partial charge in [0.1, 0.15) is 18.1 Å². The van der Waals surface area contributed by atoms with Gasteiger partial charge in [-0.2, -0.15) is 13.2 Å². The lowest BCUT2D eigenvalue weighted by atomic mass is 10.2. The van der Waals surface area contributed by atoms with Gasteiger partial charge in [0.15, 0.2) is 5.82 Å². The van der Waals surface area contributed by atoms with E-state index in [1.807, 2.05) is 0 Å². The molecule has 1 N–H and O–H groups in total. The summed E-state index contributed by atoms with van der Waals surface area (Å²) in [5.41, 5.74) is 0.244. The van der Waals surface area contributed by atoms with E-state index in [4.69, 9.17) is 0 Å². The fraction of sp³-hybridized carbons (Fsp3) is 0.100. The van der Waals surface area contributed by atoms with E-state index in [9.17, 15) is 18.0 Å². The van der Waals surface area contributed by atoms with Crippen molar-refractivity contribution in [1.82, 2.24) is 29.5 Å². The van der Waals surface area contributed by atoms with Crippen molar-refractivity contribution in [2.75, 3.05) is 5.32 Å². The predicted molar refractivity (Wildman–Crippen MR) is 104 cm³/mol. The maximum absolute atomic E-state index is 12.8. The summed E-state index contributed by atoms with van der Waals surface area (Å²) in [7, 11) is 0. The van der Waals surface area contributed by atoms with Crippen molar-refractivity contribution >= 4 is 11.7 Å². The highest BCUT2D eigenvalue weighted by Gasteiger charge is 2.32. The zero-order valence-electron chi connectivity index (χ0n) is 15.8. The van der Waals surface area contributed by atoms with Crippen LogP contribution < -0.4 is 5.32 Å². The molecule has 0 spiro atoms. The quantitative estimate of drug-likeness (QED) is 0.526. The Morgan fingerprint density at radius 2 is 1.77 bits per heavy atom. The standard InChI is InChI=1S/C20H14F3N7O/c21-20(22,23)16-8-13(4-7-24-16)15-10-30(12-28-15)11-18(31)29-17-3-2-14(9-27-17)19-25-5-1-6-26-19/h1-10,12H,11H2,(H,27,29,31). The number of nitrogens with zero attached hydrogens (tertiary/aromatic N) is 6. The summed E-state index contributed by atoms with van der Waals surface area (Å²) in [5, 5.41) is 2.65. The molecular formula is C20H14F3N7O. The Balaban J connectivity index is 1.40. The Hall–Kier alpha value is -4.15. The number of anilines is 1. The lowest BCUT2D eigenvalue weighted by Gasteiger charge is -2.06. The molecule has 0 bridgehead atoms. The second kappa shape index (κ2) is 8.30. The van der Waals surface area contributed by atoms with Gasteiger partial charge in [0.05, 0.1) is 12.0 Å². The van der Waals surface area contributed by atoms with E-state index >= 15 is 0 Å². The Bertz CT molecular complexity index is 1190. The Morgan fingerprint density at radius 3 is 2.48 bits per heavy atom. The van der Waals surface area contributed by atoms with Crippen LogP contribution in [0.1, 0.15) is 5.69 Å². The molecule has 4 rings (SSSR count). The van der Waals surface area contributed by atoms with Crippen molar-refractivity contribution in [3.8, 4) is 22.6 Å². The molecule has 156 valence electrons. The molecule has 31 heavy (non-hydrogen) atoms. The molecule has 0 saturated carbocycles. The summed E-state index contributed by atoms with van der Waals surface area (Å²) in [6.07, 6.45) is 4.15. The Kier molecular flexibility index (Phi) is 5.39. The summed E-state index contributed by atoms with van der Waals surface area (Å²) in [6, 6.07) is 7.39. The molecule has 0 atom stereocenters. The van der Waals surface area contributed by atoms with Gasteiger partial charge >= 0.3 is 6.18 Å². The third-order valence-corrected chi connectivity index (χ3v) is 4.16. The molecule has 0 saturated heterocycles. The van der Waals surface area contributed by atoms with Crippen LogP contribution in [0.5, 0.6) is 0 Å². The van der Waals surface area contributed by atoms with Crippen LogP contribution in [-0.2, 0) is 17.5 Å². The molecule has 4 heterocycles. The smallest absolute Gasteiger partial charge is 0.327 e. The Morgan fingerprint density at radius 1 is 0.968 bits per heavy atom. The molecule has 0 unspecified atom stereocenters. The van der Waals surface area contributed by atoms with Crippen LogP contribution in [0.2, 0.25) is 0 Å². The van der Waals surface area contributed by atoms with Gasteiger partial charge in [0, 0.05) is 42.1 Å². The number of amides is 1. The molecule has 11 heteroatoms. The van der Waals surface area contributed by atoms with E-state index in [1.54, 1.807) is 36.8 Å². The van der Waals surface area contributed by atoms with Crippen molar-refractivity contribution < 1.29 is 18.0 Å². The second-order valence-electron chi connectivity index (χ2n) is 6.41. The molecule has 0 radical (unpaired) electrons. The fourth-order valence-electron chi connectivity index (χ4n) is 2.74. The molecular weight excluding hydrogens is 411 g/mol. The SMILES string of the molecule is O=C(Cn1cnc(-c2ccnc(C(F)(F)F)c2)c1)Nc1ccc(-c2ncccn2)cn1. The number of alkyl halides is 3. The van der Waals surface area contributed by atoms with Crippen LogP contribution >= 0.6 is 0 Å². The number of rotatable bonds is 5. The normalized spacial score (nSPS) is 11.3. The number of nitrogens with one attached hydrogen (secondary N) is 1. The molecule has 0 aliphatic rings. The number of carbonyl (C=O) groups excluding carboxylic acids is 1. The summed E-state index contributed by atoms with van der Waals surface area (Å²) >= 11 is 0. The lowest BCUT2D eigenvalue weighted by molar-refractivity contribution is -0.141. The van der Waals surface area contributed by atoms with E-state index in [1.165, 1.54) is 23.2 Å². The summed E-state index contributed by atoms with van der Waals surface area (Å²) in [6.45, 7) is -0.0879. The maximum atomic E-state index is 12.8. The van der Waals surface area contributed by atoms with E-state index in [0.29, 0.717) is 22.9 Å². The summed E-state index contributed by atoms with van der Waals surface area (Å²) < 4.78 is 40.0. The molecule has 1 amide bonds. The van der Waals surface area contributed by atoms with Gasteiger partial charge < -0.3 is 9.88 Å². The number of carbonyl (C=O) groups is 1. The van der Waals surface area contributed by atoms with Crippen LogP contribution in [0.25, 0.3) is 22.6 Å². The minimum absolute atomic E-state index is 0.0879. The number of aromatic nitrogens is 6. The lowest BCUT2D eigenvalue weighted by Crippen LogP contribution is -2.18. The number of halogens is 3. The third-order valence-electron chi connectivity index (χ3n) is 4.16. The molecule has 4 aromatic rings. The van der Waals surface area contributed by atoms with Gasteiger partial charge in [-0.1, -0.05) is 0 Å². The van der Waals surface area contributed by atoms with Gasteiger partial charge in [-0.15, -0.1) is 0 Å². The molecule has 0 aliphatic carbocycles. The highest BCUT2D eigenvalue weighted by atomic mass is 19.4. The van der Waals surface area contributed by atoms with Crippen molar-refractivity contribution in [3.63, 3.8) is 0 Å². The number of pyridine rings is 2. The molecule has 0 aromatic carbocycles. The minimum Gasteiger partial charge on any atom is -0.327 e. The first kappa shape index (κ1) is 20.1. The van der Waals surface area contributed by atoms with Crippen molar-refractivity contribution in [2.24, 2.45) is 0 Å². The van der Waals surface area contributed by atoms with Crippen LogP contribution in [-0.4, -0.2) is 35.4 Å². The zero-order chi connectivity index (χ0) is 21.8. The summed E-state index contributed by atoms with van der Waals surface area (Å²) in [4.78, 5) is 32.1. The van der Waals surface area contributed by atoms with Gasteiger partial charge in [-0.25, -0.2) is 19.9 Å². The average molecular weight is 425 g/mol. The van der Waals surface area contributed by atoms with E-state index in [2.05, 4.69) is 30.2 Å². The topological polar surface area (TPSA) is 98.5 Å². The summed E-state index contributed by atoms with van der Waals surface area (Å²) in [5.74, 6) is 0.489. The predicted octanol–water partition coefficient (Wildman–Crippen LogP) is 3.45. The monoisotopic (exact) mass is 425 g/mol. The molecule has 0 fully saturated rings. The van der Waals surface area contributed by atoms with Gasteiger partial charge in [0.2, 0.25) is 5.91 Å². The average Bonchev–Trinajstić information content (AvgIpc) is 3.23. The third kappa shape index (κ3) is 4.89. The van der Waals surface area contributed by atoms with Crippen molar-refractivity contribution in [1.29, 1.82) is 0 Å². The largest absolute Gasteiger partial charge is 0.433 e. The van der Waals surface area contributed by atoms with Crippen molar-refractivity contribution in [2.45, 2.75) is 12.7 Å². The number of imidazole rings is 1. The first-order chi connectivity index (χ1) is 14.9. The van der Waals surface area contributed by atoms with Crippen LogP contribution in [0, 0.1) is 0 Å². The van der Waals surface area contributed by atoms with E-state index < -0.39 is 11.9 Å². The highest BCUT2D eigenvalue weighted by molar-refractivity contribution is 5.89. The maximum Gasteiger partial charge on any atom is 0.433 e. The van der Waals surface area contributed by atoms with Crippen LogP contribution in [0.3, 0.4) is 0 Å². The molecule has 8 nitrogen and oxygen atoms in total. The first-order valence-electron chi connectivity index (χ1n) is 8.97. The first-order valence-corrected chi connectivity index (χ1v) is 8.97. The second-order valence-corrected chi connectivity index (χ2v) is 6.41. The number of hydrogen-bond donors (Lipinski definition) is 1. The van der Waals surface area contributed by atoms with Crippen LogP contribution in [0.15, 0.2) is 67.6 Å². The molecule has 0 aliphatic heterocycles. The van der Waals surface area contributed by atoms with Gasteiger partial charge in [0.25, 0.3) is 0 Å². The van der Waals surface area contributed by atoms with Crippen molar-refractivity contribution in [3.05, 3.63) is 73.3 Å².